The van der Waals surface area contributed by atoms with Gasteiger partial charge in [0.1, 0.15) is 0 Å². The summed E-state index contributed by atoms with van der Waals surface area (Å²) < 4.78 is 0. The average molecular weight is 415 g/mol. The Hall–Kier alpha value is -2.64. The Morgan fingerprint density at radius 2 is 1.53 bits per heavy atom. The Morgan fingerprint density at radius 1 is 0.933 bits per heavy atom. The predicted molar refractivity (Wildman–Crippen MR) is 113 cm³/mol. The molecule has 4 aliphatic carbocycles. The first-order valence-electron chi connectivity index (χ1n) is 10.9. The van der Waals surface area contributed by atoms with Crippen molar-refractivity contribution in [3.05, 3.63) is 34.4 Å². The number of nitrogens with zero attached hydrogens (tertiary/aromatic N) is 1. The second-order valence-corrected chi connectivity index (χ2v) is 9.45. The molecule has 4 bridgehead atoms. The van der Waals surface area contributed by atoms with Gasteiger partial charge in [-0.15, -0.1) is 0 Å². The van der Waals surface area contributed by atoms with Gasteiger partial charge in [-0.1, -0.05) is 0 Å². The van der Waals surface area contributed by atoms with E-state index in [0.29, 0.717) is 19.5 Å². The molecule has 0 radical (unpaired) electrons. The van der Waals surface area contributed by atoms with Crippen molar-refractivity contribution in [2.24, 2.45) is 23.2 Å². The lowest BCUT2D eigenvalue weighted by Crippen LogP contribution is -2.48. The van der Waals surface area contributed by atoms with Crippen LogP contribution in [0.15, 0.2) is 24.3 Å². The molecule has 1 aromatic rings. The number of amides is 2. The number of anilines is 1. The van der Waals surface area contributed by atoms with Gasteiger partial charge in [0.2, 0.25) is 11.8 Å². The summed E-state index contributed by atoms with van der Waals surface area (Å²) in [5, 5.41) is 19.3. The first kappa shape index (κ1) is 20.6. The van der Waals surface area contributed by atoms with Crippen LogP contribution < -0.4 is 16.0 Å². The summed E-state index contributed by atoms with van der Waals surface area (Å²) in [6.45, 7) is 0.897. The van der Waals surface area contributed by atoms with Crippen molar-refractivity contribution >= 4 is 23.2 Å². The van der Waals surface area contributed by atoms with Crippen molar-refractivity contribution in [3.63, 3.8) is 0 Å². The highest BCUT2D eigenvalue weighted by atomic mass is 16.6. The highest BCUT2D eigenvalue weighted by molar-refractivity contribution is 5.85. The van der Waals surface area contributed by atoms with Gasteiger partial charge in [0.15, 0.2) is 0 Å². The fraction of sp³-hybridized carbons (Fsp3) is 0.636. The van der Waals surface area contributed by atoms with Crippen LogP contribution in [0.3, 0.4) is 0 Å². The molecule has 162 valence electrons. The van der Waals surface area contributed by atoms with E-state index in [1.165, 1.54) is 50.7 Å². The second kappa shape index (κ2) is 8.62. The molecule has 1 aromatic carbocycles. The third kappa shape index (κ3) is 4.91. The van der Waals surface area contributed by atoms with Crippen LogP contribution in [0.5, 0.6) is 0 Å². The summed E-state index contributed by atoms with van der Waals surface area (Å²) in [5.41, 5.74) is 0.973. The summed E-state index contributed by atoms with van der Waals surface area (Å²) >= 11 is 0. The molecule has 4 saturated carbocycles. The molecule has 4 fully saturated rings. The molecule has 0 unspecified atom stereocenters. The summed E-state index contributed by atoms with van der Waals surface area (Å²) in [6.07, 6.45) is 8.20. The van der Waals surface area contributed by atoms with Crippen molar-refractivity contribution < 1.29 is 14.5 Å². The standard InChI is InChI=1S/C22H30N4O4/c27-20(13-22-10-15-7-16(11-22)9-17(8-15)12-22)25-14-21(28)24-6-5-23-18-1-3-19(4-2-18)26(29)30/h1-4,15-17,23H,5-14H2,(H,24,28)(H,25,27). The molecule has 30 heavy (non-hydrogen) atoms. The number of hydrogen-bond acceptors (Lipinski definition) is 5. The Morgan fingerprint density at radius 3 is 2.10 bits per heavy atom. The summed E-state index contributed by atoms with van der Waals surface area (Å²) in [6, 6.07) is 6.12. The number of benzene rings is 1. The quantitative estimate of drug-likeness (QED) is 0.327. The molecule has 0 saturated heterocycles. The van der Waals surface area contributed by atoms with Gasteiger partial charge in [-0.3, -0.25) is 19.7 Å². The molecule has 2 amide bonds. The smallest absolute Gasteiger partial charge is 0.269 e. The van der Waals surface area contributed by atoms with Crippen LogP contribution in [0.4, 0.5) is 11.4 Å². The number of nitro benzene ring substituents is 1. The SMILES string of the molecule is O=C(CNC(=O)CC12CC3CC(CC(C3)C1)C2)NCCNc1ccc([N+](=O)[O-])cc1. The number of nitrogens with one attached hydrogen (secondary N) is 3. The number of non-ortho nitro benzene ring substituents is 1. The molecule has 3 N–H and O–H groups in total. The molecular weight excluding hydrogens is 384 g/mol. The minimum atomic E-state index is -0.443. The van der Waals surface area contributed by atoms with E-state index in [4.69, 9.17) is 0 Å². The molecule has 8 heteroatoms. The third-order valence-electron chi connectivity index (χ3n) is 7.00. The fourth-order valence-electron chi connectivity index (χ4n) is 6.26. The number of nitro groups is 1. The molecule has 0 heterocycles. The minimum absolute atomic E-state index is 0.00271. The Labute approximate surface area is 176 Å². The lowest BCUT2D eigenvalue weighted by Gasteiger charge is -2.56. The third-order valence-corrected chi connectivity index (χ3v) is 7.00. The van der Waals surface area contributed by atoms with E-state index in [2.05, 4.69) is 16.0 Å². The van der Waals surface area contributed by atoms with E-state index < -0.39 is 4.92 Å². The van der Waals surface area contributed by atoms with Crippen molar-refractivity contribution in [3.8, 4) is 0 Å². The maximum absolute atomic E-state index is 12.5. The van der Waals surface area contributed by atoms with Gasteiger partial charge < -0.3 is 16.0 Å². The van der Waals surface area contributed by atoms with Gasteiger partial charge in [-0.2, -0.15) is 0 Å². The van der Waals surface area contributed by atoms with Crippen LogP contribution in [0.2, 0.25) is 0 Å². The van der Waals surface area contributed by atoms with Crippen molar-refractivity contribution in [1.82, 2.24) is 10.6 Å². The average Bonchev–Trinajstić information content (AvgIpc) is 2.68. The summed E-state index contributed by atoms with van der Waals surface area (Å²) in [5.74, 6) is 2.23. The maximum Gasteiger partial charge on any atom is 0.269 e. The number of carbonyl (C=O) groups excluding carboxylic acids is 2. The monoisotopic (exact) mass is 414 g/mol. The Kier molecular flexibility index (Phi) is 5.92. The number of rotatable bonds is 9. The van der Waals surface area contributed by atoms with Crippen LogP contribution in [0.1, 0.15) is 44.9 Å². The number of carbonyl (C=O) groups is 2. The summed E-state index contributed by atoms with van der Waals surface area (Å²) in [7, 11) is 0. The zero-order chi connectivity index (χ0) is 21.1. The van der Waals surface area contributed by atoms with E-state index >= 15 is 0 Å². The first-order valence-corrected chi connectivity index (χ1v) is 10.9. The van der Waals surface area contributed by atoms with E-state index in [-0.39, 0.29) is 29.5 Å². The van der Waals surface area contributed by atoms with Crippen molar-refractivity contribution in [1.29, 1.82) is 0 Å². The predicted octanol–water partition coefficient (Wildman–Crippen LogP) is 2.85. The first-order chi connectivity index (χ1) is 14.4. The van der Waals surface area contributed by atoms with Crippen molar-refractivity contribution in [2.75, 3.05) is 25.0 Å². The van der Waals surface area contributed by atoms with Gasteiger partial charge >= 0.3 is 0 Å². The lowest BCUT2D eigenvalue weighted by atomic mass is 9.49. The Bertz CT molecular complexity index is 773. The van der Waals surface area contributed by atoms with Crippen LogP contribution in [0, 0.1) is 33.3 Å². The minimum Gasteiger partial charge on any atom is -0.383 e. The topological polar surface area (TPSA) is 113 Å². The molecule has 0 atom stereocenters. The summed E-state index contributed by atoms with van der Waals surface area (Å²) in [4.78, 5) is 34.7. The molecule has 0 spiro atoms. The van der Waals surface area contributed by atoms with E-state index in [9.17, 15) is 19.7 Å². The van der Waals surface area contributed by atoms with Crippen LogP contribution in [0.25, 0.3) is 0 Å². The highest BCUT2D eigenvalue weighted by Crippen LogP contribution is 2.61. The zero-order valence-corrected chi connectivity index (χ0v) is 17.2. The largest absolute Gasteiger partial charge is 0.383 e. The maximum atomic E-state index is 12.5. The lowest BCUT2D eigenvalue weighted by molar-refractivity contribution is -0.384. The van der Waals surface area contributed by atoms with Gasteiger partial charge in [-0.05, 0) is 73.8 Å². The molecule has 0 aromatic heterocycles. The van der Waals surface area contributed by atoms with Gasteiger partial charge in [0.25, 0.3) is 5.69 Å². The fourth-order valence-corrected chi connectivity index (χ4v) is 6.26. The second-order valence-electron chi connectivity index (χ2n) is 9.45. The normalized spacial score (nSPS) is 28.7. The van der Waals surface area contributed by atoms with Gasteiger partial charge in [0, 0.05) is 37.3 Å². The van der Waals surface area contributed by atoms with Gasteiger partial charge in [0.05, 0.1) is 11.5 Å². The molecule has 0 aliphatic heterocycles. The molecular formula is C22H30N4O4. The van der Waals surface area contributed by atoms with E-state index in [1.807, 2.05) is 0 Å². The number of hydrogen-bond donors (Lipinski definition) is 3. The highest BCUT2D eigenvalue weighted by Gasteiger charge is 2.51. The van der Waals surface area contributed by atoms with E-state index in [1.54, 1.807) is 12.1 Å². The Balaban J connectivity index is 1.12. The molecule has 4 aliphatic rings. The van der Waals surface area contributed by atoms with Crippen LogP contribution >= 0.6 is 0 Å². The van der Waals surface area contributed by atoms with Crippen LogP contribution in [-0.2, 0) is 9.59 Å². The zero-order valence-electron chi connectivity index (χ0n) is 17.2. The van der Waals surface area contributed by atoms with E-state index in [0.717, 1.165) is 23.4 Å². The van der Waals surface area contributed by atoms with Crippen molar-refractivity contribution in [2.45, 2.75) is 44.9 Å². The van der Waals surface area contributed by atoms with Crippen LogP contribution in [-0.4, -0.2) is 36.4 Å². The molecule has 8 nitrogen and oxygen atoms in total. The van der Waals surface area contributed by atoms with Gasteiger partial charge in [-0.25, -0.2) is 0 Å². The molecule has 5 rings (SSSR count).